The van der Waals surface area contributed by atoms with E-state index >= 15 is 0 Å². The molecule has 0 saturated heterocycles. The summed E-state index contributed by atoms with van der Waals surface area (Å²) in [7, 11) is 0. The van der Waals surface area contributed by atoms with E-state index in [0.29, 0.717) is 0 Å². The number of thiophene rings is 1. The minimum atomic E-state index is -5.36. The van der Waals surface area contributed by atoms with Crippen molar-refractivity contribution in [1.29, 1.82) is 0 Å². The molecule has 11 heavy (non-hydrogen) atoms. The lowest BCUT2D eigenvalue weighted by Crippen LogP contribution is -2.29. The molecule has 1 aromatic rings. The molecule has 0 aliphatic carbocycles. The van der Waals surface area contributed by atoms with Gasteiger partial charge in [-0.1, -0.05) is 0 Å². The van der Waals surface area contributed by atoms with E-state index < -0.39 is 12.7 Å². The number of carbonyl (C=O) groups is 1. The molecular weight excluding hydrogens is 176 g/mol. The largest absolute Gasteiger partial charge is 0.549 e. The SMILES string of the molecule is O=C(c1ccsc1)[B-](F)(F)F. The van der Waals surface area contributed by atoms with Crippen LogP contribution in [-0.2, 0) is 0 Å². The van der Waals surface area contributed by atoms with Gasteiger partial charge in [0.2, 0.25) is 0 Å². The third-order valence-corrected chi connectivity index (χ3v) is 1.79. The van der Waals surface area contributed by atoms with Gasteiger partial charge in [-0.15, -0.1) is 0 Å². The molecule has 1 heterocycles. The summed E-state index contributed by atoms with van der Waals surface area (Å²) in [6, 6.07) is 1.17. The predicted molar refractivity (Wildman–Crippen MR) is 37.7 cm³/mol. The van der Waals surface area contributed by atoms with Gasteiger partial charge in [0.25, 0.3) is 0 Å². The normalized spacial score (nSPS) is 11.5. The standard InChI is InChI=1S/C5H3BF3OS/c7-6(8,9)5(10)4-1-2-11-3-4/h1-3H/q-1. The summed E-state index contributed by atoms with van der Waals surface area (Å²) < 4.78 is 35.2. The topological polar surface area (TPSA) is 17.1 Å². The molecule has 0 aliphatic heterocycles. The maximum absolute atomic E-state index is 11.7. The van der Waals surface area contributed by atoms with E-state index in [1.54, 1.807) is 0 Å². The fourth-order valence-electron chi connectivity index (χ4n) is 0.594. The monoisotopic (exact) mass is 179 g/mol. The molecule has 0 atom stereocenters. The molecule has 0 bridgehead atoms. The lowest BCUT2D eigenvalue weighted by molar-refractivity contribution is 0.102. The fourth-order valence-corrected chi connectivity index (χ4v) is 1.24. The van der Waals surface area contributed by atoms with Crippen LogP contribution in [0, 0.1) is 0 Å². The second-order valence-corrected chi connectivity index (χ2v) is 2.73. The Morgan fingerprint density at radius 2 is 2.09 bits per heavy atom. The highest BCUT2D eigenvalue weighted by Crippen LogP contribution is 2.17. The average Bonchev–Trinajstić information content (AvgIpc) is 2.34. The third kappa shape index (κ3) is 1.83. The maximum atomic E-state index is 11.7. The van der Waals surface area contributed by atoms with E-state index in [1.165, 1.54) is 16.8 Å². The van der Waals surface area contributed by atoms with Crippen molar-refractivity contribution in [3.8, 4) is 0 Å². The molecule has 0 radical (unpaired) electrons. The minimum absolute atomic E-state index is 0.262. The van der Waals surface area contributed by atoms with E-state index in [0.717, 1.165) is 11.3 Å². The Bertz CT molecular complexity index is 253. The van der Waals surface area contributed by atoms with Gasteiger partial charge in [-0.3, -0.25) is 0 Å². The third-order valence-electron chi connectivity index (χ3n) is 1.10. The molecule has 0 saturated carbocycles. The fraction of sp³-hybridized carbons (Fsp3) is 0. The molecule has 0 spiro atoms. The number of hydrogen-bond acceptors (Lipinski definition) is 2. The Hall–Kier alpha value is -0.775. The van der Waals surface area contributed by atoms with Crippen LogP contribution in [0.3, 0.4) is 0 Å². The van der Waals surface area contributed by atoms with Crippen molar-refractivity contribution in [3.05, 3.63) is 22.4 Å². The molecule has 0 N–H and O–H groups in total. The summed E-state index contributed by atoms with van der Waals surface area (Å²) in [5, 5.41) is 2.63. The van der Waals surface area contributed by atoms with Crippen LogP contribution in [0.25, 0.3) is 0 Å². The molecule has 0 unspecified atom stereocenters. The van der Waals surface area contributed by atoms with Crippen molar-refractivity contribution in [2.75, 3.05) is 0 Å². The van der Waals surface area contributed by atoms with Gasteiger partial charge in [-0.05, 0) is 22.4 Å². The van der Waals surface area contributed by atoms with Gasteiger partial charge in [0.1, 0.15) is 5.68 Å². The van der Waals surface area contributed by atoms with E-state index in [1.807, 2.05) is 0 Å². The number of carbonyl (C=O) groups excluding carboxylic acids is 1. The molecule has 1 nitrogen and oxygen atoms in total. The maximum Gasteiger partial charge on any atom is 0.549 e. The van der Waals surface area contributed by atoms with Gasteiger partial charge in [-0.25, -0.2) is 0 Å². The van der Waals surface area contributed by atoms with Gasteiger partial charge >= 0.3 is 6.98 Å². The molecule has 60 valence electrons. The van der Waals surface area contributed by atoms with E-state index in [9.17, 15) is 17.7 Å². The summed E-state index contributed by atoms with van der Waals surface area (Å²) in [6.45, 7) is -5.36. The van der Waals surface area contributed by atoms with Crippen molar-refractivity contribution < 1.29 is 17.7 Å². The molecule has 1 rings (SSSR count). The summed E-state index contributed by atoms with van der Waals surface area (Å²) >= 11 is 1.07. The van der Waals surface area contributed by atoms with Crippen molar-refractivity contribution >= 4 is 24.0 Å². The van der Waals surface area contributed by atoms with Crippen LogP contribution in [0.2, 0.25) is 0 Å². The molecule has 0 aliphatic rings. The van der Waals surface area contributed by atoms with Crippen LogP contribution in [0.5, 0.6) is 0 Å². The van der Waals surface area contributed by atoms with Crippen molar-refractivity contribution in [2.24, 2.45) is 0 Å². The first-order valence-electron chi connectivity index (χ1n) is 2.78. The quantitative estimate of drug-likeness (QED) is 0.636. The number of rotatable bonds is 2. The molecule has 0 aromatic carbocycles. The average molecular weight is 179 g/mol. The highest BCUT2D eigenvalue weighted by molar-refractivity contribution is 7.08. The van der Waals surface area contributed by atoms with Crippen molar-refractivity contribution in [2.45, 2.75) is 0 Å². The first kappa shape index (κ1) is 8.32. The van der Waals surface area contributed by atoms with E-state index in [4.69, 9.17) is 0 Å². The predicted octanol–water partition coefficient (Wildman–Crippen LogP) is 2.32. The molecule has 6 heteroatoms. The van der Waals surface area contributed by atoms with Crippen molar-refractivity contribution in [3.63, 3.8) is 0 Å². The summed E-state index contributed by atoms with van der Waals surface area (Å²) in [4.78, 5) is 10.4. The van der Waals surface area contributed by atoms with Crippen LogP contribution < -0.4 is 0 Å². The van der Waals surface area contributed by atoms with Crippen LogP contribution in [0.15, 0.2) is 16.8 Å². The molecule has 0 amide bonds. The lowest BCUT2D eigenvalue weighted by atomic mass is 9.81. The highest BCUT2D eigenvalue weighted by Gasteiger charge is 2.33. The van der Waals surface area contributed by atoms with Crippen molar-refractivity contribution in [1.82, 2.24) is 0 Å². The van der Waals surface area contributed by atoms with Crippen LogP contribution in [0.4, 0.5) is 12.9 Å². The second-order valence-electron chi connectivity index (χ2n) is 1.95. The number of hydrogen-bond donors (Lipinski definition) is 0. The van der Waals surface area contributed by atoms with Crippen LogP contribution in [0.1, 0.15) is 10.4 Å². The van der Waals surface area contributed by atoms with Gasteiger partial charge in [-0.2, -0.15) is 11.3 Å². The summed E-state index contributed by atoms with van der Waals surface area (Å²) in [5.41, 5.74) is -1.98. The van der Waals surface area contributed by atoms with Gasteiger partial charge in [0.15, 0.2) is 0 Å². The molecule has 0 fully saturated rings. The molecule has 1 aromatic heterocycles. The summed E-state index contributed by atoms with van der Waals surface area (Å²) in [5.74, 6) is 0. The Labute approximate surface area is 64.9 Å². The highest BCUT2D eigenvalue weighted by atomic mass is 32.1. The zero-order valence-corrected chi connectivity index (χ0v) is 6.08. The lowest BCUT2D eigenvalue weighted by Gasteiger charge is -2.10. The summed E-state index contributed by atoms with van der Waals surface area (Å²) in [6.07, 6.45) is 0. The first-order chi connectivity index (χ1) is 5.02. The van der Waals surface area contributed by atoms with Gasteiger partial charge in [0.05, 0.1) is 0 Å². The zero-order chi connectivity index (χ0) is 8.48. The van der Waals surface area contributed by atoms with Crippen LogP contribution in [-0.4, -0.2) is 12.7 Å². The van der Waals surface area contributed by atoms with Gasteiger partial charge < -0.3 is 17.7 Å². The van der Waals surface area contributed by atoms with Crippen LogP contribution >= 0.6 is 11.3 Å². The molecular formula is C5H3BF3OS-. The Morgan fingerprint density at radius 1 is 1.45 bits per heavy atom. The Kier molecular flexibility index (Phi) is 2.04. The zero-order valence-electron chi connectivity index (χ0n) is 5.26. The van der Waals surface area contributed by atoms with E-state index in [2.05, 4.69) is 0 Å². The Balaban J connectivity index is 2.88. The number of halogens is 3. The Morgan fingerprint density at radius 3 is 2.45 bits per heavy atom. The smallest absolute Gasteiger partial charge is 0.443 e. The first-order valence-corrected chi connectivity index (χ1v) is 3.72. The minimum Gasteiger partial charge on any atom is -0.443 e. The van der Waals surface area contributed by atoms with E-state index in [-0.39, 0.29) is 5.56 Å². The van der Waals surface area contributed by atoms with Gasteiger partial charge in [0, 0.05) is 0 Å². The second kappa shape index (κ2) is 2.69.